The van der Waals surface area contributed by atoms with E-state index in [0.717, 1.165) is 26.2 Å². The Morgan fingerprint density at radius 1 is 1.28 bits per heavy atom. The molecule has 2 rings (SSSR count). The molecule has 0 bridgehead atoms. The molecule has 1 atom stereocenters. The van der Waals surface area contributed by atoms with E-state index in [9.17, 15) is 8.78 Å². The van der Waals surface area contributed by atoms with E-state index in [4.69, 9.17) is 0 Å². The van der Waals surface area contributed by atoms with E-state index in [1.807, 2.05) is 4.90 Å². The number of halogens is 3. The molecular formula is C13H15BrF2N2. The van der Waals surface area contributed by atoms with Gasteiger partial charge in [0.15, 0.2) is 0 Å². The number of nitrogens with one attached hydrogen (secondary N) is 1. The smallest absolute Gasteiger partial charge is 0.132 e. The van der Waals surface area contributed by atoms with Gasteiger partial charge in [-0.2, -0.15) is 0 Å². The molecule has 1 heterocycles. The molecule has 18 heavy (non-hydrogen) atoms. The van der Waals surface area contributed by atoms with Crippen molar-refractivity contribution in [2.24, 2.45) is 0 Å². The molecule has 1 saturated heterocycles. The minimum atomic E-state index is -0.537. The summed E-state index contributed by atoms with van der Waals surface area (Å²) in [6, 6.07) is 2.16. The van der Waals surface area contributed by atoms with Crippen LogP contribution in [0.15, 0.2) is 29.3 Å². The first kappa shape index (κ1) is 13.6. The average molecular weight is 317 g/mol. The Balaban J connectivity index is 2.35. The zero-order chi connectivity index (χ0) is 13.1. The molecule has 1 aliphatic heterocycles. The van der Waals surface area contributed by atoms with Gasteiger partial charge >= 0.3 is 0 Å². The molecule has 0 unspecified atom stereocenters. The van der Waals surface area contributed by atoms with Crippen LogP contribution in [-0.4, -0.2) is 31.1 Å². The third-order valence-corrected chi connectivity index (χ3v) is 3.57. The lowest BCUT2D eigenvalue weighted by Gasteiger charge is -2.33. The van der Waals surface area contributed by atoms with E-state index in [0.29, 0.717) is 4.47 Å². The second-order valence-electron chi connectivity index (χ2n) is 4.25. The third-order valence-electron chi connectivity index (χ3n) is 3.11. The largest absolute Gasteiger partial charge is 0.314 e. The summed E-state index contributed by atoms with van der Waals surface area (Å²) in [6.45, 7) is 6.87. The van der Waals surface area contributed by atoms with Crippen LogP contribution >= 0.6 is 15.9 Å². The summed E-state index contributed by atoms with van der Waals surface area (Å²) < 4.78 is 28.3. The van der Waals surface area contributed by atoms with E-state index in [1.54, 1.807) is 6.08 Å². The van der Waals surface area contributed by atoms with Crippen molar-refractivity contribution in [3.8, 4) is 0 Å². The molecule has 1 N–H and O–H groups in total. The highest BCUT2D eigenvalue weighted by molar-refractivity contribution is 9.10. The van der Waals surface area contributed by atoms with Crippen molar-refractivity contribution in [3.63, 3.8) is 0 Å². The number of piperazine rings is 1. The van der Waals surface area contributed by atoms with Gasteiger partial charge in [0.05, 0.1) is 6.04 Å². The number of rotatable bonds is 3. The van der Waals surface area contributed by atoms with E-state index in [2.05, 4.69) is 27.8 Å². The Bertz CT molecular complexity index is 422. The second kappa shape index (κ2) is 5.91. The maximum Gasteiger partial charge on any atom is 0.132 e. The van der Waals surface area contributed by atoms with Gasteiger partial charge < -0.3 is 5.32 Å². The summed E-state index contributed by atoms with van der Waals surface area (Å²) in [5.74, 6) is -1.07. The van der Waals surface area contributed by atoms with Gasteiger partial charge in [0, 0.05) is 36.2 Å². The molecular weight excluding hydrogens is 302 g/mol. The van der Waals surface area contributed by atoms with Crippen molar-refractivity contribution in [2.45, 2.75) is 6.04 Å². The fourth-order valence-electron chi connectivity index (χ4n) is 2.25. The van der Waals surface area contributed by atoms with Crippen molar-refractivity contribution in [3.05, 3.63) is 46.5 Å². The minimum absolute atomic E-state index is 0.0788. The van der Waals surface area contributed by atoms with Crippen LogP contribution < -0.4 is 5.32 Å². The molecule has 0 saturated carbocycles. The van der Waals surface area contributed by atoms with Gasteiger partial charge in [-0.25, -0.2) is 8.78 Å². The molecule has 1 fully saturated rings. The van der Waals surface area contributed by atoms with Gasteiger partial charge in [-0.15, -0.1) is 6.58 Å². The normalized spacial score (nSPS) is 18.6. The van der Waals surface area contributed by atoms with E-state index >= 15 is 0 Å². The van der Waals surface area contributed by atoms with Crippen LogP contribution in [0.3, 0.4) is 0 Å². The Labute approximate surface area is 114 Å². The van der Waals surface area contributed by atoms with Crippen LogP contribution in [-0.2, 0) is 0 Å². The maximum atomic E-state index is 13.9. The van der Waals surface area contributed by atoms with Crippen LogP contribution in [0.2, 0.25) is 0 Å². The van der Waals surface area contributed by atoms with Crippen LogP contribution in [0.5, 0.6) is 0 Å². The van der Waals surface area contributed by atoms with Gasteiger partial charge in [-0.1, -0.05) is 22.0 Å². The summed E-state index contributed by atoms with van der Waals surface area (Å²) >= 11 is 3.08. The molecule has 2 nitrogen and oxygen atoms in total. The Kier molecular flexibility index (Phi) is 4.48. The summed E-state index contributed by atoms with van der Waals surface area (Å²) in [4.78, 5) is 2.03. The summed E-state index contributed by atoms with van der Waals surface area (Å²) in [5, 5.41) is 3.21. The van der Waals surface area contributed by atoms with Crippen molar-refractivity contribution in [1.29, 1.82) is 0 Å². The van der Waals surface area contributed by atoms with Gasteiger partial charge in [0.2, 0.25) is 0 Å². The van der Waals surface area contributed by atoms with Crippen LogP contribution in [0, 0.1) is 11.6 Å². The molecule has 98 valence electrons. The Morgan fingerprint density at radius 2 is 1.83 bits per heavy atom. The molecule has 1 aliphatic rings. The number of hydrogen-bond donors (Lipinski definition) is 1. The fourth-order valence-corrected chi connectivity index (χ4v) is 2.65. The fraction of sp³-hybridized carbons (Fsp3) is 0.385. The summed E-state index contributed by atoms with van der Waals surface area (Å²) in [6.07, 6.45) is 1.60. The zero-order valence-corrected chi connectivity index (χ0v) is 11.5. The van der Waals surface area contributed by atoms with Gasteiger partial charge in [0.1, 0.15) is 11.6 Å². The predicted molar refractivity (Wildman–Crippen MR) is 71.4 cm³/mol. The average Bonchev–Trinajstić information content (AvgIpc) is 2.34. The van der Waals surface area contributed by atoms with E-state index in [-0.39, 0.29) is 5.56 Å². The van der Waals surface area contributed by atoms with Crippen LogP contribution in [0.25, 0.3) is 0 Å². The number of hydrogen-bond acceptors (Lipinski definition) is 2. The van der Waals surface area contributed by atoms with Crippen molar-refractivity contribution < 1.29 is 8.78 Å². The van der Waals surface area contributed by atoms with Crippen LogP contribution in [0.1, 0.15) is 11.6 Å². The molecule has 0 radical (unpaired) electrons. The number of nitrogens with zero attached hydrogens (tertiary/aromatic N) is 1. The summed E-state index contributed by atoms with van der Waals surface area (Å²) in [7, 11) is 0. The van der Waals surface area contributed by atoms with E-state index in [1.165, 1.54) is 12.1 Å². The molecule has 1 aromatic rings. The first-order chi connectivity index (χ1) is 8.63. The molecule has 0 amide bonds. The lowest BCUT2D eigenvalue weighted by atomic mass is 10.0. The Hall–Kier alpha value is -0.780. The quantitative estimate of drug-likeness (QED) is 0.863. The monoisotopic (exact) mass is 316 g/mol. The standard InChI is InChI=1S/C13H15BrF2N2/c1-2-12(18-5-3-17-4-6-18)13-10(15)7-9(14)8-11(13)16/h2,7-8,12,17H,1,3-6H2/t12-/m1/s1. The van der Waals surface area contributed by atoms with Gasteiger partial charge in [-0.3, -0.25) is 4.90 Å². The highest BCUT2D eigenvalue weighted by atomic mass is 79.9. The molecule has 0 aromatic heterocycles. The van der Waals surface area contributed by atoms with Gasteiger partial charge in [-0.05, 0) is 12.1 Å². The number of benzene rings is 1. The SMILES string of the molecule is C=C[C@H](c1c(F)cc(Br)cc1F)N1CCNCC1. The van der Waals surface area contributed by atoms with Crippen LogP contribution in [0.4, 0.5) is 8.78 Å². The maximum absolute atomic E-state index is 13.9. The second-order valence-corrected chi connectivity index (χ2v) is 5.17. The highest BCUT2D eigenvalue weighted by Crippen LogP contribution is 2.29. The van der Waals surface area contributed by atoms with Crippen molar-refractivity contribution >= 4 is 15.9 Å². The topological polar surface area (TPSA) is 15.3 Å². The minimum Gasteiger partial charge on any atom is -0.314 e. The molecule has 0 spiro atoms. The molecule has 5 heteroatoms. The van der Waals surface area contributed by atoms with Crippen molar-refractivity contribution in [1.82, 2.24) is 10.2 Å². The lowest BCUT2D eigenvalue weighted by Crippen LogP contribution is -2.45. The Morgan fingerprint density at radius 3 is 2.33 bits per heavy atom. The first-order valence-corrected chi connectivity index (χ1v) is 6.64. The molecule has 1 aromatic carbocycles. The summed E-state index contributed by atoms with van der Waals surface area (Å²) in [5.41, 5.74) is 0.0788. The highest BCUT2D eigenvalue weighted by Gasteiger charge is 2.25. The van der Waals surface area contributed by atoms with Gasteiger partial charge in [0.25, 0.3) is 0 Å². The predicted octanol–water partition coefficient (Wildman–Crippen LogP) is 2.86. The molecule has 0 aliphatic carbocycles. The third kappa shape index (κ3) is 2.79. The van der Waals surface area contributed by atoms with E-state index < -0.39 is 17.7 Å². The lowest BCUT2D eigenvalue weighted by molar-refractivity contribution is 0.197. The zero-order valence-electron chi connectivity index (χ0n) is 9.93. The van der Waals surface area contributed by atoms with Crippen molar-refractivity contribution in [2.75, 3.05) is 26.2 Å². The first-order valence-electron chi connectivity index (χ1n) is 5.85.